The van der Waals surface area contributed by atoms with Gasteiger partial charge in [-0.15, -0.1) is 11.3 Å². The highest BCUT2D eigenvalue weighted by Gasteiger charge is 2.31. The van der Waals surface area contributed by atoms with Gasteiger partial charge in [0.2, 0.25) is 5.91 Å². The third kappa shape index (κ3) is 2.32. The standard InChI is InChI=1S/C14H14FN3OS/c15-11-4-2-1-3-10(11)12-8-20-14(17-12)18-7-9(6-16)5-13(18)19/h1-4,8-9H,5-7,16H2. The summed E-state index contributed by atoms with van der Waals surface area (Å²) in [6.45, 7) is 1.09. The average molecular weight is 291 g/mol. The number of hydrogen-bond donors (Lipinski definition) is 1. The summed E-state index contributed by atoms with van der Waals surface area (Å²) in [5, 5.41) is 2.39. The molecule has 1 amide bonds. The summed E-state index contributed by atoms with van der Waals surface area (Å²) in [5.41, 5.74) is 6.62. The fraction of sp³-hybridized carbons (Fsp3) is 0.286. The van der Waals surface area contributed by atoms with Crippen molar-refractivity contribution in [2.75, 3.05) is 18.0 Å². The van der Waals surface area contributed by atoms with Crippen molar-refractivity contribution in [3.63, 3.8) is 0 Å². The molecule has 4 nitrogen and oxygen atoms in total. The fourth-order valence-electron chi connectivity index (χ4n) is 2.31. The number of amides is 1. The number of anilines is 1. The van der Waals surface area contributed by atoms with Gasteiger partial charge in [-0.3, -0.25) is 9.69 Å². The molecule has 104 valence electrons. The minimum Gasteiger partial charge on any atom is -0.330 e. The van der Waals surface area contributed by atoms with Crippen molar-refractivity contribution < 1.29 is 9.18 Å². The largest absolute Gasteiger partial charge is 0.330 e. The van der Waals surface area contributed by atoms with Crippen LogP contribution in [0, 0.1) is 11.7 Å². The quantitative estimate of drug-likeness (QED) is 0.943. The van der Waals surface area contributed by atoms with Gasteiger partial charge in [0, 0.05) is 23.9 Å². The molecule has 0 bridgehead atoms. The molecule has 1 aliphatic heterocycles. The topological polar surface area (TPSA) is 59.2 Å². The summed E-state index contributed by atoms with van der Waals surface area (Å²) in [7, 11) is 0. The number of rotatable bonds is 3. The molecule has 1 saturated heterocycles. The lowest BCUT2D eigenvalue weighted by atomic mass is 10.1. The van der Waals surface area contributed by atoms with Crippen LogP contribution in [0.2, 0.25) is 0 Å². The zero-order chi connectivity index (χ0) is 14.1. The molecule has 2 aromatic rings. The predicted octanol–water partition coefficient (Wildman–Crippen LogP) is 2.26. The molecular formula is C14H14FN3OS. The molecule has 1 fully saturated rings. The Balaban J connectivity index is 1.88. The fourth-order valence-corrected chi connectivity index (χ4v) is 3.16. The van der Waals surface area contributed by atoms with E-state index in [-0.39, 0.29) is 17.6 Å². The van der Waals surface area contributed by atoms with E-state index in [4.69, 9.17) is 5.73 Å². The van der Waals surface area contributed by atoms with Gasteiger partial charge in [0.15, 0.2) is 5.13 Å². The first-order valence-corrected chi connectivity index (χ1v) is 7.28. The molecule has 1 aromatic carbocycles. The molecule has 20 heavy (non-hydrogen) atoms. The molecule has 1 aliphatic rings. The number of carbonyl (C=O) groups is 1. The summed E-state index contributed by atoms with van der Waals surface area (Å²) in [5.74, 6) is -0.0878. The summed E-state index contributed by atoms with van der Waals surface area (Å²) in [6.07, 6.45) is 0.463. The molecule has 0 radical (unpaired) electrons. The Morgan fingerprint density at radius 3 is 2.95 bits per heavy atom. The number of aromatic nitrogens is 1. The van der Waals surface area contributed by atoms with Crippen LogP contribution in [0.1, 0.15) is 6.42 Å². The molecule has 6 heteroatoms. The first-order valence-electron chi connectivity index (χ1n) is 6.40. The SMILES string of the molecule is NCC1CC(=O)N(c2nc(-c3ccccc3F)cs2)C1. The number of hydrogen-bond acceptors (Lipinski definition) is 4. The van der Waals surface area contributed by atoms with E-state index in [0.717, 1.165) is 0 Å². The highest BCUT2D eigenvalue weighted by atomic mass is 32.1. The van der Waals surface area contributed by atoms with Crippen molar-refractivity contribution in [1.29, 1.82) is 0 Å². The minimum atomic E-state index is -0.308. The van der Waals surface area contributed by atoms with Crippen LogP contribution in [0.25, 0.3) is 11.3 Å². The van der Waals surface area contributed by atoms with E-state index < -0.39 is 0 Å². The summed E-state index contributed by atoms with van der Waals surface area (Å²) < 4.78 is 13.7. The van der Waals surface area contributed by atoms with E-state index in [1.165, 1.54) is 17.4 Å². The van der Waals surface area contributed by atoms with Gasteiger partial charge in [-0.25, -0.2) is 9.37 Å². The van der Waals surface area contributed by atoms with Crippen molar-refractivity contribution >= 4 is 22.4 Å². The lowest BCUT2D eigenvalue weighted by molar-refractivity contribution is -0.117. The van der Waals surface area contributed by atoms with Crippen LogP contribution in [-0.2, 0) is 4.79 Å². The smallest absolute Gasteiger partial charge is 0.229 e. The number of carbonyl (C=O) groups excluding carboxylic acids is 1. The van der Waals surface area contributed by atoms with E-state index in [2.05, 4.69) is 4.98 Å². The van der Waals surface area contributed by atoms with E-state index in [9.17, 15) is 9.18 Å². The van der Waals surface area contributed by atoms with Crippen molar-refractivity contribution in [2.24, 2.45) is 11.7 Å². The molecule has 2 heterocycles. The van der Waals surface area contributed by atoms with Gasteiger partial charge in [0.1, 0.15) is 5.82 Å². The Morgan fingerprint density at radius 2 is 2.25 bits per heavy atom. The summed E-state index contributed by atoms with van der Waals surface area (Å²) >= 11 is 1.35. The van der Waals surface area contributed by atoms with Gasteiger partial charge < -0.3 is 5.73 Å². The highest BCUT2D eigenvalue weighted by molar-refractivity contribution is 7.14. The van der Waals surface area contributed by atoms with Crippen LogP contribution in [0.3, 0.4) is 0 Å². The summed E-state index contributed by atoms with van der Waals surface area (Å²) in [6, 6.07) is 6.49. The Labute approximate surface area is 120 Å². The predicted molar refractivity (Wildman–Crippen MR) is 77.0 cm³/mol. The van der Waals surface area contributed by atoms with E-state index in [1.807, 2.05) is 0 Å². The highest BCUT2D eigenvalue weighted by Crippen LogP contribution is 2.32. The minimum absolute atomic E-state index is 0.0369. The first-order chi connectivity index (χ1) is 9.69. The maximum Gasteiger partial charge on any atom is 0.229 e. The second-order valence-electron chi connectivity index (χ2n) is 4.81. The molecule has 0 saturated carbocycles. The van der Waals surface area contributed by atoms with Gasteiger partial charge in [0.05, 0.1) is 5.69 Å². The molecular weight excluding hydrogens is 277 g/mol. The molecule has 2 N–H and O–H groups in total. The number of nitrogens with zero attached hydrogens (tertiary/aromatic N) is 2. The van der Waals surface area contributed by atoms with Crippen molar-refractivity contribution in [1.82, 2.24) is 4.98 Å². The van der Waals surface area contributed by atoms with Gasteiger partial charge >= 0.3 is 0 Å². The number of thiazole rings is 1. The lowest BCUT2D eigenvalue weighted by Gasteiger charge is -2.12. The molecule has 1 unspecified atom stereocenters. The second kappa shape index (κ2) is 5.30. The Kier molecular flexibility index (Phi) is 3.50. The Bertz CT molecular complexity index is 643. The van der Waals surface area contributed by atoms with Gasteiger partial charge in [0.25, 0.3) is 0 Å². The molecule has 1 atom stereocenters. The van der Waals surface area contributed by atoms with Crippen LogP contribution >= 0.6 is 11.3 Å². The van der Waals surface area contributed by atoms with E-state index in [0.29, 0.717) is 35.9 Å². The third-order valence-electron chi connectivity index (χ3n) is 3.41. The van der Waals surface area contributed by atoms with Gasteiger partial charge in [-0.1, -0.05) is 12.1 Å². The van der Waals surface area contributed by atoms with Crippen molar-refractivity contribution in [3.8, 4) is 11.3 Å². The zero-order valence-electron chi connectivity index (χ0n) is 10.8. The molecule has 1 aromatic heterocycles. The van der Waals surface area contributed by atoms with Crippen LogP contribution < -0.4 is 10.6 Å². The Morgan fingerprint density at radius 1 is 1.45 bits per heavy atom. The van der Waals surface area contributed by atoms with Gasteiger partial charge in [-0.05, 0) is 24.6 Å². The zero-order valence-corrected chi connectivity index (χ0v) is 11.6. The van der Waals surface area contributed by atoms with Crippen LogP contribution in [0.5, 0.6) is 0 Å². The van der Waals surface area contributed by atoms with Crippen molar-refractivity contribution in [2.45, 2.75) is 6.42 Å². The van der Waals surface area contributed by atoms with E-state index >= 15 is 0 Å². The molecule has 0 spiro atoms. The van der Waals surface area contributed by atoms with Crippen molar-refractivity contribution in [3.05, 3.63) is 35.5 Å². The lowest BCUT2D eigenvalue weighted by Crippen LogP contribution is -2.25. The second-order valence-corrected chi connectivity index (χ2v) is 5.64. The number of nitrogens with two attached hydrogens (primary N) is 1. The van der Waals surface area contributed by atoms with Gasteiger partial charge in [-0.2, -0.15) is 0 Å². The average Bonchev–Trinajstić information content (AvgIpc) is 3.05. The number of benzene rings is 1. The molecule has 0 aliphatic carbocycles. The van der Waals surface area contributed by atoms with E-state index in [1.54, 1.807) is 28.5 Å². The van der Waals surface area contributed by atoms with Crippen LogP contribution in [-0.4, -0.2) is 24.0 Å². The Hall–Kier alpha value is -1.79. The maximum absolute atomic E-state index is 13.7. The maximum atomic E-state index is 13.7. The third-order valence-corrected chi connectivity index (χ3v) is 4.27. The van der Waals surface area contributed by atoms with Crippen LogP contribution in [0.4, 0.5) is 9.52 Å². The van der Waals surface area contributed by atoms with Crippen LogP contribution in [0.15, 0.2) is 29.6 Å². The molecule has 3 rings (SSSR count). The number of halogens is 1. The normalized spacial score (nSPS) is 18.8. The monoisotopic (exact) mass is 291 g/mol. The first kappa shape index (κ1) is 13.2. The summed E-state index contributed by atoms with van der Waals surface area (Å²) in [4.78, 5) is 18.0.